The number of phenols is 1. The van der Waals surface area contributed by atoms with Crippen molar-refractivity contribution >= 4 is 27.5 Å². The first-order valence-corrected chi connectivity index (χ1v) is 6.46. The van der Waals surface area contributed by atoms with E-state index in [2.05, 4.69) is 26.6 Å². The highest BCUT2D eigenvalue weighted by Gasteiger charge is 2.21. The first-order valence-electron chi connectivity index (χ1n) is 5.67. The number of rotatable bonds is 2. The lowest BCUT2D eigenvalue weighted by molar-refractivity contribution is -0.120. The first kappa shape index (κ1) is 12.4. The van der Waals surface area contributed by atoms with Crippen molar-refractivity contribution in [3.63, 3.8) is 0 Å². The molecule has 1 saturated heterocycles. The number of nitrogens with one attached hydrogen (secondary N) is 2. The van der Waals surface area contributed by atoms with Gasteiger partial charge >= 0.3 is 0 Å². The zero-order valence-corrected chi connectivity index (χ0v) is 11.0. The summed E-state index contributed by atoms with van der Waals surface area (Å²) in [6, 6.07) is 4.98. The first-order chi connectivity index (χ1) is 8.16. The highest BCUT2D eigenvalue weighted by atomic mass is 79.9. The van der Waals surface area contributed by atoms with Gasteiger partial charge in [-0.25, -0.2) is 0 Å². The van der Waals surface area contributed by atoms with Crippen molar-refractivity contribution in [1.82, 2.24) is 5.32 Å². The Labute approximate surface area is 109 Å². The van der Waals surface area contributed by atoms with E-state index in [-0.39, 0.29) is 17.6 Å². The second kappa shape index (κ2) is 5.51. The van der Waals surface area contributed by atoms with Crippen LogP contribution in [0.2, 0.25) is 0 Å². The SMILES string of the molecule is O=C(Nc1cc(Br)ccc1O)[C@H]1CCCNC1. The number of phenolic OH excluding ortho intramolecular Hbond substituents is 1. The van der Waals surface area contributed by atoms with Crippen LogP contribution >= 0.6 is 15.9 Å². The Bertz CT molecular complexity index is 417. The minimum Gasteiger partial charge on any atom is -0.506 e. The quantitative estimate of drug-likeness (QED) is 0.733. The molecule has 1 aliphatic rings. The molecule has 1 heterocycles. The molecule has 0 radical (unpaired) electrons. The average molecular weight is 299 g/mol. The number of hydrogen-bond acceptors (Lipinski definition) is 3. The molecule has 0 aromatic heterocycles. The summed E-state index contributed by atoms with van der Waals surface area (Å²) in [5, 5.41) is 15.6. The molecule has 0 unspecified atom stereocenters. The van der Waals surface area contributed by atoms with Crippen molar-refractivity contribution in [2.24, 2.45) is 5.92 Å². The van der Waals surface area contributed by atoms with E-state index < -0.39 is 0 Å². The second-order valence-corrected chi connectivity index (χ2v) is 5.11. The molecular formula is C12H15BrN2O2. The van der Waals surface area contributed by atoms with Crippen molar-refractivity contribution < 1.29 is 9.90 Å². The highest BCUT2D eigenvalue weighted by molar-refractivity contribution is 9.10. The van der Waals surface area contributed by atoms with Crippen LogP contribution in [0.3, 0.4) is 0 Å². The van der Waals surface area contributed by atoms with Crippen LogP contribution in [0.4, 0.5) is 5.69 Å². The van der Waals surface area contributed by atoms with Crippen LogP contribution in [-0.2, 0) is 4.79 Å². The molecule has 5 heteroatoms. The zero-order valence-electron chi connectivity index (χ0n) is 9.37. The third-order valence-corrected chi connectivity index (χ3v) is 3.38. The lowest BCUT2D eigenvalue weighted by Gasteiger charge is -2.22. The third kappa shape index (κ3) is 3.20. The maximum Gasteiger partial charge on any atom is 0.228 e. The van der Waals surface area contributed by atoms with Crippen LogP contribution in [0, 0.1) is 5.92 Å². The van der Waals surface area contributed by atoms with Crippen molar-refractivity contribution in [3.8, 4) is 5.75 Å². The molecular weight excluding hydrogens is 284 g/mol. The van der Waals surface area contributed by atoms with Gasteiger partial charge in [0, 0.05) is 11.0 Å². The molecule has 3 N–H and O–H groups in total. The number of amides is 1. The number of aromatic hydroxyl groups is 1. The number of hydrogen-bond donors (Lipinski definition) is 3. The van der Waals surface area contributed by atoms with Gasteiger partial charge in [-0.15, -0.1) is 0 Å². The van der Waals surface area contributed by atoms with Crippen LogP contribution in [0.5, 0.6) is 5.75 Å². The van der Waals surface area contributed by atoms with Gasteiger partial charge in [0.15, 0.2) is 0 Å². The second-order valence-electron chi connectivity index (χ2n) is 4.19. The summed E-state index contributed by atoms with van der Waals surface area (Å²) in [6.45, 7) is 1.69. The van der Waals surface area contributed by atoms with Gasteiger partial charge in [0.25, 0.3) is 0 Å². The Kier molecular flexibility index (Phi) is 4.02. The van der Waals surface area contributed by atoms with E-state index in [9.17, 15) is 9.90 Å². The molecule has 0 aliphatic carbocycles. The van der Waals surface area contributed by atoms with Gasteiger partial charge in [-0.2, -0.15) is 0 Å². The Morgan fingerprint density at radius 2 is 2.35 bits per heavy atom. The van der Waals surface area contributed by atoms with Gasteiger partial charge in [0.05, 0.1) is 11.6 Å². The van der Waals surface area contributed by atoms with Crippen molar-refractivity contribution in [1.29, 1.82) is 0 Å². The standard InChI is InChI=1S/C12H15BrN2O2/c13-9-3-4-11(16)10(6-9)15-12(17)8-2-1-5-14-7-8/h3-4,6,8,14,16H,1-2,5,7H2,(H,15,17)/t8-/m0/s1. The Morgan fingerprint density at radius 1 is 1.53 bits per heavy atom. The fourth-order valence-corrected chi connectivity index (χ4v) is 2.28. The largest absolute Gasteiger partial charge is 0.506 e. The van der Waals surface area contributed by atoms with Gasteiger partial charge in [-0.05, 0) is 37.6 Å². The maximum absolute atomic E-state index is 12.0. The molecule has 1 fully saturated rings. The highest BCUT2D eigenvalue weighted by Crippen LogP contribution is 2.27. The van der Waals surface area contributed by atoms with E-state index in [4.69, 9.17) is 0 Å². The smallest absolute Gasteiger partial charge is 0.228 e. The van der Waals surface area contributed by atoms with Gasteiger partial charge in [-0.3, -0.25) is 4.79 Å². The minimum atomic E-state index is -0.0365. The van der Waals surface area contributed by atoms with E-state index in [1.807, 2.05) is 0 Å². The topological polar surface area (TPSA) is 61.4 Å². The summed E-state index contributed by atoms with van der Waals surface area (Å²) in [4.78, 5) is 12.0. The normalized spacial score (nSPS) is 19.9. The van der Waals surface area contributed by atoms with Crippen molar-refractivity contribution in [3.05, 3.63) is 22.7 Å². The molecule has 0 bridgehead atoms. The van der Waals surface area contributed by atoms with Gasteiger partial charge < -0.3 is 15.7 Å². The Morgan fingerprint density at radius 3 is 3.06 bits per heavy atom. The number of carbonyl (C=O) groups excluding carboxylic acids is 1. The lowest BCUT2D eigenvalue weighted by atomic mass is 9.99. The van der Waals surface area contributed by atoms with Crippen LogP contribution in [0.15, 0.2) is 22.7 Å². The van der Waals surface area contributed by atoms with Crippen LogP contribution in [0.1, 0.15) is 12.8 Å². The average Bonchev–Trinajstić information content (AvgIpc) is 2.35. The van der Waals surface area contributed by atoms with E-state index in [1.54, 1.807) is 18.2 Å². The molecule has 92 valence electrons. The fraction of sp³-hybridized carbons (Fsp3) is 0.417. The maximum atomic E-state index is 12.0. The summed E-state index contributed by atoms with van der Waals surface area (Å²) in [5.41, 5.74) is 0.454. The third-order valence-electron chi connectivity index (χ3n) is 2.88. The number of halogens is 1. The molecule has 1 amide bonds. The van der Waals surface area contributed by atoms with Gasteiger partial charge in [0.1, 0.15) is 5.75 Å². The minimum absolute atomic E-state index is 0.0119. The van der Waals surface area contributed by atoms with Crippen LogP contribution in [0.25, 0.3) is 0 Å². The summed E-state index contributed by atoms with van der Waals surface area (Å²) in [6.07, 6.45) is 1.91. The van der Waals surface area contributed by atoms with Crippen LogP contribution < -0.4 is 10.6 Å². The fourth-order valence-electron chi connectivity index (χ4n) is 1.92. The molecule has 17 heavy (non-hydrogen) atoms. The number of carbonyl (C=O) groups is 1. The van der Waals surface area contributed by atoms with E-state index in [0.29, 0.717) is 12.2 Å². The molecule has 2 rings (SSSR count). The van der Waals surface area contributed by atoms with Gasteiger partial charge in [0.2, 0.25) is 5.91 Å². The van der Waals surface area contributed by atoms with E-state index in [0.717, 1.165) is 23.9 Å². The Hall–Kier alpha value is -1.07. The van der Waals surface area contributed by atoms with E-state index in [1.165, 1.54) is 0 Å². The monoisotopic (exact) mass is 298 g/mol. The summed E-state index contributed by atoms with van der Waals surface area (Å²) in [5.74, 6) is 0.0399. The molecule has 4 nitrogen and oxygen atoms in total. The van der Waals surface area contributed by atoms with Gasteiger partial charge in [-0.1, -0.05) is 15.9 Å². The predicted molar refractivity (Wildman–Crippen MR) is 70.0 cm³/mol. The summed E-state index contributed by atoms with van der Waals surface area (Å²) in [7, 11) is 0. The lowest BCUT2D eigenvalue weighted by Crippen LogP contribution is -2.37. The summed E-state index contributed by atoms with van der Waals surface area (Å²) >= 11 is 3.31. The number of benzene rings is 1. The molecule has 1 aromatic carbocycles. The molecule has 1 atom stereocenters. The van der Waals surface area contributed by atoms with Crippen LogP contribution in [-0.4, -0.2) is 24.1 Å². The Balaban J connectivity index is 2.04. The molecule has 1 aromatic rings. The predicted octanol–water partition coefficient (Wildman–Crippen LogP) is 2.09. The molecule has 1 aliphatic heterocycles. The zero-order chi connectivity index (χ0) is 12.3. The molecule has 0 saturated carbocycles. The van der Waals surface area contributed by atoms with Crippen molar-refractivity contribution in [2.45, 2.75) is 12.8 Å². The summed E-state index contributed by atoms with van der Waals surface area (Å²) < 4.78 is 0.826. The van der Waals surface area contributed by atoms with Crippen molar-refractivity contribution in [2.75, 3.05) is 18.4 Å². The van der Waals surface area contributed by atoms with E-state index >= 15 is 0 Å². The molecule has 0 spiro atoms. The number of anilines is 1. The number of piperidine rings is 1.